The number of imide groups is 1. The van der Waals surface area contributed by atoms with Crippen LogP contribution < -0.4 is 5.32 Å². The van der Waals surface area contributed by atoms with Gasteiger partial charge in [0.15, 0.2) is 0 Å². The number of nitrogens with one attached hydrogen (secondary N) is 1. The summed E-state index contributed by atoms with van der Waals surface area (Å²) in [4.78, 5) is 23.5. The number of carbonyl (C=O) groups is 2. The molecule has 0 aromatic heterocycles. The van der Waals surface area contributed by atoms with Crippen LogP contribution in [0.25, 0.3) is 0 Å². The lowest BCUT2D eigenvalue weighted by Crippen LogP contribution is -2.36. The summed E-state index contributed by atoms with van der Waals surface area (Å²) < 4.78 is 0. The Kier molecular flexibility index (Phi) is 2.77. The highest BCUT2D eigenvalue weighted by atomic mass is 16.2. The fourth-order valence-corrected chi connectivity index (χ4v) is 1.79. The van der Waals surface area contributed by atoms with Crippen molar-refractivity contribution in [1.29, 1.82) is 0 Å². The first kappa shape index (κ1) is 10.9. The lowest BCUT2D eigenvalue weighted by atomic mass is 10.0. The smallest absolute Gasteiger partial charge is 0.257 e. The van der Waals surface area contributed by atoms with Gasteiger partial charge in [0.25, 0.3) is 5.91 Å². The molecule has 0 heterocycles. The third kappa shape index (κ3) is 1.98. The Morgan fingerprint density at radius 3 is 2.38 bits per heavy atom. The summed E-state index contributed by atoms with van der Waals surface area (Å²) in [5.41, 5.74) is 0.271. The van der Waals surface area contributed by atoms with Crippen molar-refractivity contribution in [3.8, 4) is 0 Å². The number of benzene rings is 1. The van der Waals surface area contributed by atoms with Crippen molar-refractivity contribution in [2.24, 2.45) is 5.41 Å². The number of amides is 2. The highest BCUT2D eigenvalue weighted by Gasteiger charge is 2.48. The maximum Gasteiger partial charge on any atom is 0.257 e. The molecular formula is C13H15NO2. The second-order valence-electron chi connectivity index (χ2n) is 4.28. The first-order valence-corrected chi connectivity index (χ1v) is 5.59. The maximum absolute atomic E-state index is 11.8. The molecule has 3 heteroatoms. The summed E-state index contributed by atoms with van der Waals surface area (Å²) in [6.45, 7) is 1.99. The molecule has 0 radical (unpaired) electrons. The van der Waals surface area contributed by atoms with Crippen LogP contribution in [-0.4, -0.2) is 11.8 Å². The molecule has 1 aliphatic rings. The first-order valence-electron chi connectivity index (χ1n) is 5.59. The maximum atomic E-state index is 11.8. The summed E-state index contributed by atoms with van der Waals surface area (Å²) in [5, 5.41) is 2.47. The van der Waals surface area contributed by atoms with Gasteiger partial charge < -0.3 is 0 Å². The summed E-state index contributed by atoms with van der Waals surface area (Å²) in [5.74, 6) is -0.422. The second kappa shape index (κ2) is 4.08. The zero-order chi connectivity index (χ0) is 11.6. The molecule has 2 amide bonds. The molecule has 1 aromatic carbocycles. The molecule has 1 aliphatic carbocycles. The molecule has 0 spiro atoms. The Balaban J connectivity index is 2.01. The molecule has 16 heavy (non-hydrogen) atoms. The van der Waals surface area contributed by atoms with Gasteiger partial charge in [-0.2, -0.15) is 0 Å². The van der Waals surface area contributed by atoms with E-state index in [0.717, 1.165) is 19.3 Å². The zero-order valence-electron chi connectivity index (χ0n) is 9.32. The van der Waals surface area contributed by atoms with Gasteiger partial charge in [-0.15, -0.1) is 0 Å². The minimum atomic E-state index is -0.301. The van der Waals surface area contributed by atoms with Crippen LogP contribution in [0.5, 0.6) is 0 Å². The quantitative estimate of drug-likeness (QED) is 0.788. The molecule has 0 aliphatic heterocycles. The molecule has 2 rings (SSSR count). The Labute approximate surface area is 94.9 Å². The predicted octanol–water partition coefficient (Wildman–Crippen LogP) is 2.13. The van der Waals surface area contributed by atoms with Crippen LogP contribution in [0.3, 0.4) is 0 Å². The van der Waals surface area contributed by atoms with E-state index in [1.165, 1.54) is 0 Å². The van der Waals surface area contributed by atoms with Gasteiger partial charge in [-0.1, -0.05) is 25.1 Å². The molecular weight excluding hydrogens is 202 g/mol. The van der Waals surface area contributed by atoms with Crippen molar-refractivity contribution >= 4 is 11.8 Å². The summed E-state index contributed by atoms with van der Waals surface area (Å²) in [7, 11) is 0. The van der Waals surface area contributed by atoms with Gasteiger partial charge in [-0.25, -0.2) is 0 Å². The van der Waals surface area contributed by atoms with E-state index in [0.29, 0.717) is 5.56 Å². The fourth-order valence-electron chi connectivity index (χ4n) is 1.79. The van der Waals surface area contributed by atoms with Gasteiger partial charge in [-0.3, -0.25) is 14.9 Å². The Bertz CT molecular complexity index is 407. The Morgan fingerprint density at radius 1 is 1.25 bits per heavy atom. The fraction of sp³-hybridized carbons (Fsp3) is 0.385. The van der Waals surface area contributed by atoms with E-state index in [4.69, 9.17) is 0 Å². The standard InChI is InChI=1S/C13H15NO2/c1-2-13(8-9-13)12(16)14-11(15)10-6-4-3-5-7-10/h3-7H,2,8-9H2,1H3,(H,14,15,16). The molecule has 0 atom stereocenters. The van der Waals surface area contributed by atoms with Crippen molar-refractivity contribution in [3.05, 3.63) is 35.9 Å². The lowest BCUT2D eigenvalue weighted by Gasteiger charge is -2.11. The summed E-state index contributed by atoms with van der Waals surface area (Å²) >= 11 is 0. The normalized spacial score (nSPS) is 16.6. The highest BCUT2D eigenvalue weighted by molar-refractivity contribution is 6.06. The van der Waals surface area contributed by atoms with Crippen molar-refractivity contribution in [1.82, 2.24) is 5.32 Å². The Hall–Kier alpha value is -1.64. The van der Waals surface area contributed by atoms with Crippen molar-refractivity contribution < 1.29 is 9.59 Å². The van der Waals surface area contributed by atoms with Gasteiger partial charge in [0, 0.05) is 11.0 Å². The topological polar surface area (TPSA) is 46.2 Å². The van der Waals surface area contributed by atoms with E-state index in [9.17, 15) is 9.59 Å². The van der Waals surface area contributed by atoms with Gasteiger partial charge in [0.2, 0.25) is 5.91 Å². The average molecular weight is 217 g/mol. The van der Waals surface area contributed by atoms with E-state index in [2.05, 4.69) is 5.32 Å². The van der Waals surface area contributed by atoms with Gasteiger partial charge in [0.05, 0.1) is 0 Å². The van der Waals surface area contributed by atoms with Gasteiger partial charge >= 0.3 is 0 Å². The number of carbonyl (C=O) groups excluding carboxylic acids is 2. The van der Waals surface area contributed by atoms with Crippen LogP contribution >= 0.6 is 0 Å². The van der Waals surface area contributed by atoms with E-state index >= 15 is 0 Å². The van der Waals surface area contributed by atoms with Crippen LogP contribution in [0.1, 0.15) is 36.5 Å². The van der Waals surface area contributed by atoms with Gasteiger partial charge in [-0.05, 0) is 31.4 Å². The van der Waals surface area contributed by atoms with Crippen molar-refractivity contribution in [2.75, 3.05) is 0 Å². The molecule has 1 N–H and O–H groups in total. The van der Waals surface area contributed by atoms with Crippen LogP contribution in [0, 0.1) is 5.41 Å². The molecule has 0 unspecified atom stereocenters. The monoisotopic (exact) mass is 217 g/mol. The minimum absolute atomic E-state index is 0.121. The summed E-state index contributed by atoms with van der Waals surface area (Å²) in [6, 6.07) is 8.81. The Morgan fingerprint density at radius 2 is 1.88 bits per heavy atom. The lowest BCUT2D eigenvalue weighted by molar-refractivity contribution is -0.125. The van der Waals surface area contributed by atoms with Gasteiger partial charge in [0.1, 0.15) is 0 Å². The van der Waals surface area contributed by atoms with Crippen LogP contribution in [0.15, 0.2) is 30.3 Å². The minimum Gasteiger partial charge on any atom is -0.292 e. The highest BCUT2D eigenvalue weighted by Crippen LogP contribution is 2.48. The molecule has 1 saturated carbocycles. The first-order chi connectivity index (χ1) is 7.68. The second-order valence-corrected chi connectivity index (χ2v) is 4.28. The van der Waals surface area contributed by atoms with Crippen LogP contribution in [0.2, 0.25) is 0 Å². The molecule has 84 valence electrons. The SMILES string of the molecule is CCC1(C(=O)NC(=O)c2ccccc2)CC1. The van der Waals surface area contributed by atoms with Crippen LogP contribution in [-0.2, 0) is 4.79 Å². The van der Waals surface area contributed by atoms with Crippen LogP contribution in [0.4, 0.5) is 0 Å². The number of hydrogen-bond donors (Lipinski definition) is 1. The number of rotatable bonds is 3. The largest absolute Gasteiger partial charge is 0.292 e. The zero-order valence-corrected chi connectivity index (χ0v) is 9.32. The van der Waals surface area contributed by atoms with E-state index in [1.54, 1.807) is 24.3 Å². The molecule has 0 bridgehead atoms. The molecule has 1 fully saturated rings. The third-order valence-corrected chi connectivity index (χ3v) is 3.28. The third-order valence-electron chi connectivity index (χ3n) is 3.28. The van der Waals surface area contributed by atoms with Crippen molar-refractivity contribution in [2.45, 2.75) is 26.2 Å². The van der Waals surface area contributed by atoms with Crippen molar-refractivity contribution in [3.63, 3.8) is 0 Å². The van der Waals surface area contributed by atoms with E-state index in [-0.39, 0.29) is 17.2 Å². The molecule has 0 saturated heterocycles. The molecule has 3 nitrogen and oxygen atoms in total. The molecule has 1 aromatic rings. The summed E-state index contributed by atoms with van der Waals surface area (Å²) in [6.07, 6.45) is 2.61. The van der Waals surface area contributed by atoms with E-state index in [1.807, 2.05) is 13.0 Å². The average Bonchev–Trinajstić information content (AvgIpc) is 3.11. The number of hydrogen-bond acceptors (Lipinski definition) is 2. The van der Waals surface area contributed by atoms with E-state index < -0.39 is 0 Å². The predicted molar refractivity (Wildman–Crippen MR) is 60.9 cm³/mol.